The minimum atomic E-state index is -0.0477. The van der Waals surface area contributed by atoms with Crippen molar-refractivity contribution >= 4 is 11.9 Å². The maximum Gasteiger partial charge on any atom is 0.317 e. The van der Waals surface area contributed by atoms with Crippen LogP contribution in [0.25, 0.3) is 0 Å². The molecule has 0 aromatic heterocycles. The van der Waals surface area contributed by atoms with Gasteiger partial charge in [0, 0.05) is 32.8 Å². The highest BCUT2D eigenvalue weighted by Gasteiger charge is 2.27. The van der Waals surface area contributed by atoms with E-state index in [2.05, 4.69) is 10.2 Å². The quantitative estimate of drug-likeness (QED) is 0.472. The van der Waals surface area contributed by atoms with Crippen LogP contribution in [-0.2, 0) is 4.74 Å². The van der Waals surface area contributed by atoms with E-state index in [1.807, 2.05) is 11.8 Å². The van der Waals surface area contributed by atoms with E-state index in [0.29, 0.717) is 19.7 Å². The van der Waals surface area contributed by atoms with Gasteiger partial charge in [-0.15, -0.1) is 0 Å². The van der Waals surface area contributed by atoms with Gasteiger partial charge < -0.3 is 20.7 Å². The lowest BCUT2D eigenvalue weighted by Crippen LogP contribution is -2.56. The van der Waals surface area contributed by atoms with E-state index in [-0.39, 0.29) is 24.0 Å². The summed E-state index contributed by atoms with van der Waals surface area (Å²) in [4.78, 5) is 16.0. The molecule has 2 rings (SSSR count). The van der Waals surface area contributed by atoms with Crippen LogP contribution in [0.1, 0.15) is 13.3 Å². The number of nitrogens with zero attached hydrogens (tertiary/aromatic N) is 2. The highest BCUT2D eigenvalue weighted by Crippen LogP contribution is 2.08. The van der Waals surface area contributed by atoms with Crippen LogP contribution in [0.3, 0.4) is 0 Å². The number of nitrogens with two attached hydrogens (primary N) is 1. The molecule has 4 N–H and O–H groups in total. The summed E-state index contributed by atoms with van der Waals surface area (Å²) in [7, 11) is 0. The molecule has 2 saturated heterocycles. The Morgan fingerprint density at radius 1 is 1.42 bits per heavy atom. The van der Waals surface area contributed by atoms with Crippen LogP contribution < -0.4 is 11.1 Å². The summed E-state index contributed by atoms with van der Waals surface area (Å²) in [5.74, 6) is 0.181. The van der Waals surface area contributed by atoms with Crippen LogP contribution >= 0.6 is 0 Å². The third-order valence-corrected chi connectivity index (χ3v) is 3.86. The monoisotopic (exact) mass is 269 g/mol. The fourth-order valence-corrected chi connectivity index (χ4v) is 2.42. The van der Waals surface area contributed by atoms with Crippen LogP contribution in [0, 0.1) is 5.41 Å². The Morgan fingerprint density at radius 2 is 2.11 bits per heavy atom. The topological polar surface area (TPSA) is 94.7 Å². The first-order valence-electron chi connectivity index (χ1n) is 6.79. The summed E-state index contributed by atoms with van der Waals surface area (Å²) in [5, 5.41) is 10.4. The SMILES string of the molecule is CC(C(=N)N)N1CCN(C(=O)NC2CCOC2)CC1. The highest BCUT2D eigenvalue weighted by molar-refractivity contribution is 5.82. The fraction of sp³-hybridized carbons (Fsp3) is 0.833. The number of piperazine rings is 1. The van der Waals surface area contributed by atoms with E-state index in [1.54, 1.807) is 0 Å². The van der Waals surface area contributed by atoms with Crippen molar-refractivity contribution in [3.63, 3.8) is 0 Å². The van der Waals surface area contributed by atoms with E-state index >= 15 is 0 Å². The second kappa shape index (κ2) is 6.21. The first-order valence-corrected chi connectivity index (χ1v) is 6.79. The number of nitrogens with one attached hydrogen (secondary N) is 2. The molecule has 0 aliphatic carbocycles. The summed E-state index contributed by atoms with van der Waals surface area (Å²) in [6.45, 7) is 6.15. The normalized spacial score (nSPS) is 26.2. The molecule has 19 heavy (non-hydrogen) atoms. The van der Waals surface area contributed by atoms with Crippen LogP contribution in [0.15, 0.2) is 0 Å². The molecule has 0 radical (unpaired) electrons. The van der Waals surface area contributed by atoms with Gasteiger partial charge in [0.2, 0.25) is 0 Å². The summed E-state index contributed by atoms with van der Waals surface area (Å²) in [5.41, 5.74) is 5.50. The van der Waals surface area contributed by atoms with Gasteiger partial charge in [0.1, 0.15) is 5.84 Å². The van der Waals surface area contributed by atoms with Gasteiger partial charge >= 0.3 is 6.03 Å². The first-order chi connectivity index (χ1) is 9.08. The van der Waals surface area contributed by atoms with Gasteiger partial charge in [-0.2, -0.15) is 0 Å². The van der Waals surface area contributed by atoms with Crippen molar-refractivity contribution in [2.24, 2.45) is 5.73 Å². The second-order valence-electron chi connectivity index (χ2n) is 5.16. The minimum absolute atomic E-state index is 0.00868. The van der Waals surface area contributed by atoms with Crippen LogP contribution in [0.2, 0.25) is 0 Å². The zero-order chi connectivity index (χ0) is 13.8. The number of amides is 2. The smallest absolute Gasteiger partial charge is 0.317 e. The van der Waals surface area contributed by atoms with E-state index in [4.69, 9.17) is 15.9 Å². The van der Waals surface area contributed by atoms with Crippen molar-refractivity contribution in [3.05, 3.63) is 0 Å². The molecule has 7 nitrogen and oxygen atoms in total. The Balaban J connectivity index is 1.76. The molecule has 7 heteroatoms. The Hall–Kier alpha value is -1.34. The number of ether oxygens (including phenoxy) is 1. The molecule has 2 unspecified atom stereocenters. The maximum absolute atomic E-state index is 12.0. The molecule has 0 aromatic rings. The summed E-state index contributed by atoms with van der Waals surface area (Å²) < 4.78 is 5.24. The molecular weight excluding hydrogens is 246 g/mol. The summed E-state index contributed by atoms with van der Waals surface area (Å²) in [6, 6.07) is 0.0979. The molecule has 2 amide bonds. The van der Waals surface area contributed by atoms with Crippen molar-refractivity contribution in [2.75, 3.05) is 39.4 Å². The van der Waals surface area contributed by atoms with Gasteiger partial charge in [-0.1, -0.05) is 0 Å². The van der Waals surface area contributed by atoms with Gasteiger partial charge in [-0.25, -0.2) is 4.79 Å². The average molecular weight is 269 g/mol. The number of carbonyl (C=O) groups excluding carboxylic acids is 1. The Kier molecular flexibility index (Phi) is 4.60. The number of hydrogen-bond donors (Lipinski definition) is 3. The number of amidine groups is 1. The molecule has 2 atom stereocenters. The molecule has 2 heterocycles. The lowest BCUT2D eigenvalue weighted by Gasteiger charge is -2.37. The Labute approximate surface area is 113 Å². The predicted octanol–water partition coefficient (Wildman–Crippen LogP) is -0.573. The molecule has 0 saturated carbocycles. The second-order valence-corrected chi connectivity index (χ2v) is 5.16. The summed E-state index contributed by atoms with van der Waals surface area (Å²) in [6.07, 6.45) is 0.896. The van der Waals surface area contributed by atoms with Crippen molar-refractivity contribution in [3.8, 4) is 0 Å². The third kappa shape index (κ3) is 3.57. The molecule has 2 aliphatic heterocycles. The molecule has 108 valence electrons. The van der Waals surface area contributed by atoms with Gasteiger partial charge in [0.15, 0.2) is 0 Å². The fourth-order valence-electron chi connectivity index (χ4n) is 2.42. The number of rotatable bonds is 3. The zero-order valence-electron chi connectivity index (χ0n) is 11.4. The highest BCUT2D eigenvalue weighted by atomic mass is 16.5. The van der Waals surface area contributed by atoms with Crippen LogP contribution in [0.4, 0.5) is 4.79 Å². The van der Waals surface area contributed by atoms with Gasteiger partial charge in [0.05, 0.1) is 18.7 Å². The first kappa shape index (κ1) is 14.1. The molecular formula is C12H23N5O2. The molecule has 0 aromatic carbocycles. The van der Waals surface area contributed by atoms with Crippen LogP contribution in [0.5, 0.6) is 0 Å². The Bertz CT molecular complexity index is 335. The molecule has 0 bridgehead atoms. The van der Waals surface area contributed by atoms with E-state index < -0.39 is 0 Å². The van der Waals surface area contributed by atoms with E-state index in [9.17, 15) is 4.79 Å². The van der Waals surface area contributed by atoms with Gasteiger partial charge in [-0.05, 0) is 13.3 Å². The van der Waals surface area contributed by atoms with Crippen molar-refractivity contribution in [1.29, 1.82) is 5.41 Å². The van der Waals surface area contributed by atoms with Crippen molar-refractivity contribution in [2.45, 2.75) is 25.4 Å². The van der Waals surface area contributed by atoms with Gasteiger partial charge in [0.25, 0.3) is 0 Å². The van der Waals surface area contributed by atoms with Crippen LogP contribution in [-0.4, -0.2) is 73.1 Å². The minimum Gasteiger partial charge on any atom is -0.386 e. The third-order valence-electron chi connectivity index (χ3n) is 3.86. The number of carbonyl (C=O) groups is 1. The molecule has 0 spiro atoms. The predicted molar refractivity (Wildman–Crippen MR) is 72.3 cm³/mol. The Morgan fingerprint density at radius 3 is 2.63 bits per heavy atom. The van der Waals surface area contributed by atoms with Crippen molar-refractivity contribution in [1.82, 2.24) is 15.1 Å². The maximum atomic E-state index is 12.0. The summed E-state index contributed by atoms with van der Waals surface area (Å²) >= 11 is 0. The van der Waals surface area contributed by atoms with E-state index in [1.165, 1.54) is 0 Å². The largest absolute Gasteiger partial charge is 0.386 e. The standard InChI is InChI=1S/C12H23N5O2/c1-9(11(13)14)16-3-5-17(6-4-16)12(18)15-10-2-7-19-8-10/h9-10H,2-8H2,1H3,(H3,13,14)(H,15,18). The van der Waals surface area contributed by atoms with Crippen molar-refractivity contribution < 1.29 is 9.53 Å². The molecule has 2 fully saturated rings. The van der Waals surface area contributed by atoms with Gasteiger partial charge in [-0.3, -0.25) is 10.3 Å². The zero-order valence-corrected chi connectivity index (χ0v) is 11.4. The lowest BCUT2D eigenvalue weighted by atomic mass is 10.2. The molecule has 2 aliphatic rings. The van der Waals surface area contributed by atoms with E-state index in [0.717, 1.165) is 26.1 Å². The average Bonchev–Trinajstić information content (AvgIpc) is 2.90. The number of hydrogen-bond acceptors (Lipinski definition) is 4. The lowest BCUT2D eigenvalue weighted by molar-refractivity contribution is 0.127. The number of urea groups is 1.